The summed E-state index contributed by atoms with van der Waals surface area (Å²) in [5.74, 6) is 0.906. The van der Waals surface area contributed by atoms with Gasteiger partial charge in [0.25, 0.3) is 0 Å². The summed E-state index contributed by atoms with van der Waals surface area (Å²) >= 11 is 5.06. The van der Waals surface area contributed by atoms with Crippen molar-refractivity contribution in [2.75, 3.05) is 6.61 Å². The van der Waals surface area contributed by atoms with Gasteiger partial charge in [-0.3, -0.25) is 0 Å². The zero-order valence-corrected chi connectivity index (χ0v) is 11.3. The predicted molar refractivity (Wildman–Crippen MR) is 71.4 cm³/mol. The van der Waals surface area contributed by atoms with Crippen molar-refractivity contribution in [2.45, 2.75) is 12.3 Å². The molecule has 1 aromatic heterocycles. The number of ether oxygens (including phenoxy) is 1. The van der Waals surface area contributed by atoms with Gasteiger partial charge >= 0.3 is 0 Å². The van der Waals surface area contributed by atoms with Gasteiger partial charge in [-0.1, -0.05) is 15.9 Å². The van der Waals surface area contributed by atoms with Crippen LogP contribution in [-0.2, 0) is 5.33 Å². The summed E-state index contributed by atoms with van der Waals surface area (Å²) in [7, 11) is 0. The first-order valence-electron chi connectivity index (χ1n) is 5.07. The van der Waals surface area contributed by atoms with E-state index in [1.165, 1.54) is 0 Å². The number of hydrogen-bond donors (Lipinski definition) is 0. The molecule has 1 aromatic carbocycles. The molecule has 16 heavy (non-hydrogen) atoms. The molecule has 0 fully saturated rings. The maximum atomic E-state index is 5.40. The van der Waals surface area contributed by atoms with Gasteiger partial charge in [-0.2, -0.15) is 0 Å². The van der Waals surface area contributed by atoms with E-state index in [1.54, 1.807) is 11.3 Å². The quantitative estimate of drug-likeness (QED) is 0.793. The number of thiazole rings is 1. The van der Waals surface area contributed by atoms with Gasteiger partial charge in [0.15, 0.2) is 0 Å². The molecule has 2 aromatic rings. The molecular formula is C12H12BrNOS. The molecule has 0 amide bonds. The second kappa shape index (κ2) is 5.46. The largest absolute Gasteiger partial charge is 0.494 e. The summed E-state index contributed by atoms with van der Waals surface area (Å²) in [5.41, 5.74) is 2.22. The molecular weight excluding hydrogens is 286 g/mol. The molecule has 0 aliphatic carbocycles. The zero-order valence-electron chi connectivity index (χ0n) is 8.94. The number of rotatable bonds is 4. The van der Waals surface area contributed by atoms with E-state index in [0.717, 1.165) is 27.3 Å². The first-order chi connectivity index (χ1) is 7.83. The number of halogens is 1. The second-order valence-electron chi connectivity index (χ2n) is 3.24. The Morgan fingerprint density at radius 1 is 1.31 bits per heavy atom. The third kappa shape index (κ3) is 2.62. The molecule has 0 radical (unpaired) electrons. The normalized spacial score (nSPS) is 10.4. The van der Waals surface area contributed by atoms with Crippen molar-refractivity contribution in [3.63, 3.8) is 0 Å². The minimum Gasteiger partial charge on any atom is -0.494 e. The molecule has 0 N–H and O–H groups in total. The third-order valence-electron chi connectivity index (χ3n) is 2.10. The topological polar surface area (TPSA) is 22.1 Å². The molecule has 0 aliphatic rings. The van der Waals surface area contributed by atoms with E-state index in [4.69, 9.17) is 4.74 Å². The summed E-state index contributed by atoms with van der Waals surface area (Å²) in [6.45, 7) is 2.68. The molecule has 0 aliphatic heterocycles. The summed E-state index contributed by atoms with van der Waals surface area (Å²) < 4.78 is 5.40. The van der Waals surface area contributed by atoms with E-state index in [0.29, 0.717) is 6.61 Å². The Bertz CT molecular complexity index is 452. The standard InChI is InChI=1S/C12H12BrNOS/c1-2-15-11-5-3-9(4-6-11)12-14-10(7-13)8-16-12/h3-6,8H,2,7H2,1H3. The predicted octanol–water partition coefficient (Wildman–Crippen LogP) is 4.10. The van der Waals surface area contributed by atoms with E-state index in [1.807, 2.05) is 31.2 Å². The van der Waals surface area contributed by atoms with Crippen molar-refractivity contribution in [1.82, 2.24) is 4.98 Å². The van der Waals surface area contributed by atoms with Crippen LogP contribution in [0.25, 0.3) is 10.6 Å². The lowest BCUT2D eigenvalue weighted by molar-refractivity contribution is 0.340. The van der Waals surface area contributed by atoms with Crippen molar-refractivity contribution in [2.24, 2.45) is 0 Å². The Balaban J connectivity index is 2.20. The fourth-order valence-electron chi connectivity index (χ4n) is 1.36. The van der Waals surface area contributed by atoms with Gasteiger partial charge in [0.1, 0.15) is 10.8 Å². The zero-order chi connectivity index (χ0) is 11.4. The van der Waals surface area contributed by atoms with Crippen molar-refractivity contribution < 1.29 is 4.74 Å². The van der Waals surface area contributed by atoms with Crippen LogP contribution in [0.5, 0.6) is 5.75 Å². The van der Waals surface area contributed by atoms with E-state index >= 15 is 0 Å². The monoisotopic (exact) mass is 297 g/mol. The van der Waals surface area contributed by atoms with Crippen LogP contribution in [0.15, 0.2) is 29.6 Å². The van der Waals surface area contributed by atoms with Crippen molar-refractivity contribution in [3.8, 4) is 16.3 Å². The highest BCUT2D eigenvalue weighted by molar-refractivity contribution is 9.08. The lowest BCUT2D eigenvalue weighted by Gasteiger charge is -2.02. The third-order valence-corrected chi connectivity index (χ3v) is 3.62. The average molecular weight is 298 g/mol. The average Bonchev–Trinajstić information content (AvgIpc) is 2.79. The van der Waals surface area contributed by atoms with Gasteiger partial charge in [0, 0.05) is 16.3 Å². The highest BCUT2D eigenvalue weighted by atomic mass is 79.9. The minimum absolute atomic E-state index is 0.699. The summed E-state index contributed by atoms with van der Waals surface area (Å²) in [6, 6.07) is 8.05. The van der Waals surface area contributed by atoms with E-state index in [2.05, 4.69) is 26.3 Å². The Kier molecular flexibility index (Phi) is 3.96. The van der Waals surface area contributed by atoms with Gasteiger partial charge < -0.3 is 4.74 Å². The van der Waals surface area contributed by atoms with Gasteiger partial charge in [0.2, 0.25) is 0 Å². The molecule has 0 atom stereocenters. The molecule has 4 heteroatoms. The van der Waals surface area contributed by atoms with Gasteiger partial charge in [0.05, 0.1) is 12.3 Å². The Labute approximate surface area is 107 Å². The van der Waals surface area contributed by atoms with Crippen LogP contribution in [-0.4, -0.2) is 11.6 Å². The first kappa shape index (κ1) is 11.6. The second-order valence-corrected chi connectivity index (χ2v) is 4.65. The molecule has 2 rings (SSSR count). The molecule has 84 valence electrons. The molecule has 0 bridgehead atoms. The molecule has 0 saturated carbocycles. The lowest BCUT2D eigenvalue weighted by atomic mass is 10.2. The van der Waals surface area contributed by atoms with E-state index in [9.17, 15) is 0 Å². The Morgan fingerprint density at radius 3 is 2.62 bits per heavy atom. The SMILES string of the molecule is CCOc1ccc(-c2nc(CBr)cs2)cc1. The Morgan fingerprint density at radius 2 is 2.06 bits per heavy atom. The number of benzene rings is 1. The molecule has 0 spiro atoms. The Hall–Kier alpha value is -0.870. The van der Waals surface area contributed by atoms with Crippen LogP contribution < -0.4 is 4.74 Å². The minimum atomic E-state index is 0.699. The van der Waals surface area contributed by atoms with Crippen LogP contribution in [0.3, 0.4) is 0 Å². The van der Waals surface area contributed by atoms with E-state index in [-0.39, 0.29) is 0 Å². The fourth-order valence-corrected chi connectivity index (χ4v) is 2.69. The van der Waals surface area contributed by atoms with Gasteiger partial charge in [-0.15, -0.1) is 11.3 Å². The van der Waals surface area contributed by atoms with Gasteiger partial charge in [-0.25, -0.2) is 4.98 Å². The van der Waals surface area contributed by atoms with Crippen LogP contribution in [0.1, 0.15) is 12.6 Å². The molecule has 2 nitrogen and oxygen atoms in total. The molecule has 0 unspecified atom stereocenters. The van der Waals surface area contributed by atoms with Crippen molar-refractivity contribution >= 4 is 27.3 Å². The van der Waals surface area contributed by atoms with Crippen LogP contribution in [0.2, 0.25) is 0 Å². The number of alkyl halides is 1. The smallest absolute Gasteiger partial charge is 0.123 e. The summed E-state index contributed by atoms with van der Waals surface area (Å²) in [6.07, 6.45) is 0. The van der Waals surface area contributed by atoms with Crippen LogP contribution in [0, 0.1) is 0 Å². The van der Waals surface area contributed by atoms with Crippen LogP contribution in [0.4, 0.5) is 0 Å². The first-order valence-corrected chi connectivity index (χ1v) is 7.07. The molecule has 1 heterocycles. The maximum Gasteiger partial charge on any atom is 0.123 e. The maximum absolute atomic E-state index is 5.40. The van der Waals surface area contributed by atoms with E-state index < -0.39 is 0 Å². The highest BCUT2D eigenvalue weighted by Gasteiger charge is 2.03. The summed E-state index contributed by atoms with van der Waals surface area (Å²) in [4.78, 5) is 4.51. The van der Waals surface area contributed by atoms with Crippen molar-refractivity contribution in [3.05, 3.63) is 35.3 Å². The number of hydrogen-bond acceptors (Lipinski definition) is 3. The number of nitrogens with zero attached hydrogens (tertiary/aromatic N) is 1. The van der Waals surface area contributed by atoms with Gasteiger partial charge in [-0.05, 0) is 31.2 Å². The number of aromatic nitrogens is 1. The summed E-state index contributed by atoms with van der Waals surface area (Å²) in [5, 5.41) is 3.93. The van der Waals surface area contributed by atoms with Crippen LogP contribution >= 0.6 is 27.3 Å². The lowest BCUT2D eigenvalue weighted by Crippen LogP contribution is -1.90. The van der Waals surface area contributed by atoms with Crippen molar-refractivity contribution in [1.29, 1.82) is 0 Å². The highest BCUT2D eigenvalue weighted by Crippen LogP contribution is 2.26. The fraction of sp³-hybridized carbons (Fsp3) is 0.250. The molecule has 0 saturated heterocycles.